The van der Waals surface area contributed by atoms with Crippen LogP contribution >= 0.6 is 11.6 Å². The number of rotatable bonds is 4. The first-order valence-corrected chi connectivity index (χ1v) is 6.56. The number of nitrogens with one attached hydrogen (secondary N) is 1. The van der Waals surface area contributed by atoms with E-state index in [-0.39, 0.29) is 5.75 Å². The first kappa shape index (κ1) is 15.7. The highest BCUT2D eigenvalue weighted by atomic mass is 35.5. The minimum absolute atomic E-state index is 0.240. The van der Waals surface area contributed by atoms with Crippen LogP contribution in [0, 0.1) is 0 Å². The third-order valence-corrected chi connectivity index (χ3v) is 3.07. The fourth-order valence-electron chi connectivity index (χ4n) is 2.02. The second-order valence-electron chi connectivity index (χ2n) is 4.40. The van der Waals surface area contributed by atoms with Gasteiger partial charge in [-0.15, -0.1) is 13.2 Å². The first-order chi connectivity index (χ1) is 9.89. The van der Waals surface area contributed by atoms with E-state index < -0.39 is 6.36 Å². The Hall–Kier alpha value is -1.72. The van der Waals surface area contributed by atoms with Crippen LogP contribution in [0.5, 0.6) is 5.75 Å². The molecule has 0 amide bonds. The molecule has 2 aromatic rings. The fraction of sp³-hybridized carbons (Fsp3) is 0.200. The summed E-state index contributed by atoms with van der Waals surface area (Å²) in [4.78, 5) is 0. The summed E-state index contributed by atoms with van der Waals surface area (Å²) in [6, 6.07) is 11.2. The maximum atomic E-state index is 12.1. The molecule has 2 nitrogen and oxygen atoms in total. The largest absolute Gasteiger partial charge is 0.573 e. The average Bonchev–Trinajstić information content (AvgIpc) is 2.39. The fourth-order valence-corrected chi connectivity index (χ4v) is 2.21. The molecule has 0 heterocycles. The lowest BCUT2D eigenvalue weighted by Gasteiger charge is -2.12. The summed E-state index contributed by atoms with van der Waals surface area (Å²) < 4.78 is 40.2. The Morgan fingerprint density at radius 2 is 1.76 bits per heavy atom. The highest BCUT2D eigenvalue weighted by Crippen LogP contribution is 2.29. The van der Waals surface area contributed by atoms with Gasteiger partial charge in [0.25, 0.3) is 0 Å². The van der Waals surface area contributed by atoms with Crippen LogP contribution in [0.1, 0.15) is 5.56 Å². The standard InChI is InChI=1S/C15H13ClF3NO/c1-20-9-11-8-12(16)4-7-14(11)10-2-5-13(6-3-10)21-15(17,18)19/h2-8,20H,9H2,1H3. The zero-order chi connectivity index (χ0) is 15.5. The van der Waals surface area contributed by atoms with Crippen molar-refractivity contribution >= 4 is 11.6 Å². The molecule has 0 atom stereocenters. The smallest absolute Gasteiger partial charge is 0.406 e. The number of hydrogen-bond acceptors (Lipinski definition) is 2. The second-order valence-corrected chi connectivity index (χ2v) is 4.84. The van der Waals surface area contributed by atoms with Gasteiger partial charge in [-0.25, -0.2) is 0 Å². The van der Waals surface area contributed by atoms with Crippen LogP contribution in [0.2, 0.25) is 5.02 Å². The van der Waals surface area contributed by atoms with Crippen LogP contribution in [-0.2, 0) is 6.54 Å². The molecule has 0 unspecified atom stereocenters. The maximum Gasteiger partial charge on any atom is 0.573 e. The van der Waals surface area contributed by atoms with E-state index in [0.717, 1.165) is 16.7 Å². The summed E-state index contributed by atoms with van der Waals surface area (Å²) in [6.07, 6.45) is -4.68. The lowest BCUT2D eigenvalue weighted by atomic mass is 9.99. The van der Waals surface area contributed by atoms with Crippen LogP contribution in [0.15, 0.2) is 42.5 Å². The molecule has 0 aliphatic heterocycles. The molecule has 6 heteroatoms. The van der Waals surface area contributed by atoms with E-state index in [1.807, 2.05) is 19.2 Å². The molecule has 0 radical (unpaired) electrons. The van der Waals surface area contributed by atoms with Gasteiger partial charge < -0.3 is 10.1 Å². The van der Waals surface area contributed by atoms with Crippen molar-refractivity contribution in [3.63, 3.8) is 0 Å². The molecular weight excluding hydrogens is 303 g/mol. The van der Waals surface area contributed by atoms with Crippen molar-refractivity contribution in [2.45, 2.75) is 12.9 Å². The molecule has 112 valence electrons. The summed E-state index contributed by atoms with van der Waals surface area (Å²) in [5.41, 5.74) is 2.67. The Morgan fingerprint density at radius 1 is 1.10 bits per heavy atom. The molecule has 0 saturated carbocycles. The van der Waals surface area contributed by atoms with E-state index in [1.54, 1.807) is 18.2 Å². The van der Waals surface area contributed by atoms with Crippen LogP contribution < -0.4 is 10.1 Å². The number of hydrogen-bond donors (Lipinski definition) is 1. The van der Waals surface area contributed by atoms with E-state index in [0.29, 0.717) is 11.6 Å². The van der Waals surface area contributed by atoms with Crippen LogP contribution in [-0.4, -0.2) is 13.4 Å². The van der Waals surface area contributed by atoms with E-state index in [4.69, 9.17) is 11.6 Å². The number of ether oxygens (including phenoxy) is 1. The average molecular weight is 316 g/mol. The van der Waals surface area contributed by atoms with Crippen LogP contribution in [0.4, 0.5) is 13.2 Å². The number of alkyl halides is 3. The molecule has 2 rings (SSSR count). The molecule has 0 aromatic heterocycles. The molecule has 0 saturated heterocycles. The predicted octanol–water partition coefficient (Wildman–Crippen LogP) is 4.63. The van der Waals surface area contributed by atoms with Gasteiger partial charge >= 0.3 is 6.36 Å². The molecule has 21 heavy (non-hydrogen) atoms. The lowest BCUT2D eigenvalue weighted by Crippen LogP contribution is -2.16. The Kier molecular flexibility index (Phi) is 4.75. The minimum atomic E-state index is -4.68. The highest BCUT2D eigenvalue weighted by Gasteiger charge is 2.30. The van der Waals surface area contributed by atoms with Gasteiger partial charge in [0.1, 0.15) is 5.75 Å². The van der Waals surface area contributed by atoms with Crippen molar-refractivity contribution < 1.29 is 17.9 Å². The van der Waals surface area contributed by atoms with Gasteiger partial charge in [0, 0.05) is 11.6 Å². The summed E-state index contributed by atoms with van der Waals surface area (Å²) in [6.45, 7) is 0.608. The van der Waals surface area contributed by atoms with Crippen molar-refractivity contribution in [2.75, 3.05) is 7.05 Å². The monoisotopic (exact) mass is 315 g/mol. The molecule has 0 spiro atoms. The zero-order valence-electron chi connectivity index (χ0n) is 11.2. The summed E-state index contributed by atoms with van der Waals surface area (Å²) in [5.74, 6) is -0.240. The van der Waals surface area contributed by atoms with Crippen molar-refractivity contribution in [3.8, 4) is 16.9 Å². The van der Waals surface area contributed by atoms with E-state index in [2.05, 4.69) is 10.1 Å². The first-order valence-electron chi connectivity index (χ1n) is 6.18. The lowest BCUT2D eigenvalue weighted by molar-refractivity contribution is -0.274. The molecule has 0 aliphatic carbocycles. The van der Waals surface area contributed by atoms with Gasteiger partial charge in [-0.05, 0) is 48.0 Å². The van der Waals surface area contributed by atoms with Gasteiger partial charge in [0.2, 0.25) is 0 Å². The molecular formula is C15H13ClF3NO. The molecule has 0 aliphatic rings. The molecule has 2 aromatic carbocycles. The maximum absolute atomic E-state index is 12.1. The summed E-state index contributed by atoms with van der Waals surface area (Å²) in [7, 11) is 1.81. The SMILES string of the molecule is CNCc1cc(Cl)ccc1-c1ccc(OC(F)(F)F)cc1. The quantitative estimate of drug-likeness (QED) is 0.888. The van der Waals surface area contributed by atoms with E-state index in [9.17, 15) is 13.2 Å². The zero-order valence-corrected chi connectivity index (χ0v) is 11.9. The van der Waals surface area contributed by atoms with E-state index >= 15 is 0 Å². The Morgan fingerprint density at radius 3 is 2.33 bits per heavy atom. The highest BCUT2D eigenvalue weighted by molar-refractivity contribution is 6.30. The van der Waals surface area contributed by atoms with E-state index in [1.165, 1.54) is 12.1 Å². The normalized spacial score (nSPS) is 11.5. The molecule has 0 bridgehead atoms. The Bertz CT molecular complexity index is 611. The third-order valence-electron chi connectivity index (χ3n) is 2.83. The van der Waals surface area contributed by atoms with Gasteiger partial charge in [0.15, 0.2) is 0 Å². The predicted molar refractivity (Wildman–Crippen MR) is 76.3 cm³/mol. The van der Waals surface area contributed by atoms with Crippen molar-refractivity contribution in [1.82, 2.24) is 5.32 Å². The van der Waals surface area contributed by atoms with Crippen LogP contribution in [0.25, 0.3) is 11.1 Å². The molecule has 0 fully saturated rings. The van der Waals surface area contributed by atoms with Crippen LogP contribution in [0.3, 0.4) is 0 Å². The number of benzene rings is 2. The van der Waals surface area contributed by atoms with Crippen molar-refractivity contribution in [2.24, 2.45) is 0 Å². The topological polar surface area (TPSA) is 21.3 Å². The third kappa shape index (κ3) is 4.37. The minimum Gasteiger partial charge on any atom is -0.406 e. The number of halogens is 4. The Balaban J connectivity index is 2.30. The van der Waals surface area contributed by atoms with Gasteiger partial charge in [-0.3, -0.25) is 0 Å². The van der Waals surface area contributed by atoms with Crippen molar-refractivity contribution in [1.29, 1.82) is 0 Å². The van der Waals surface area contributed by atoms with Gasteiger partial charge in [-0.2, -0.15) is 0 Å². The summed E-state index contributed by atoms with van der Waals surface area (Å²) >= 11 is 5.97. The Labute approximate surface area is 125 Å². The van der Waals surface area contributed by atoms with Gasteiger partial charge in [0.05, 0.1) is 0 Å². The van der Waals surface area contributed by atoms with Gasteiger partial charge in [-0.1, -0.05) is 29.8 Å². The molecule has 1 N–H and O–H groups in total. The van der Waals surface area contributed by atoms with Crippen molar-refractivity contribution in [3.05, 3.63) is 53.1 Å². The summed E-state index contributed by atoms with van der Waals surface area (Å²) in [5, 5.41) is 3.64. The second kappa shape index (κ2) is 6.37.